The van der Waals surface area contributed by atoms with Gasteiger partial charge in [0.15, 0.2) is 0 Å². The van der Waals surface area contributed by atoms with Gasteiger partial charge in [0, 0.05) is 6.04 Å². The molecule has 0 aromatic heterocycles. The highest BCUT2D eigenvalue weighted by molar-refractivity contribution is 5.75. The van der Waals surface area contributed by atoms with Crippen LogP contribution < -0.4 is 5.73 Å². The van der Waals surface area contributed by atoms with E-state index in [1.807, 2.05) is 6.92 Å². The number of hydrogen-bond acceptors (Lipinski definition) is 3. The molecular weight excluding hydrogens is 190 g/mol. The molecule has 0 amide bonds. The molecule has 0 aromatic rings. The zero-order valence-corrected chi connectivity index (χ0v) is 9.45. The maximum absolute atomic E-state index is 11.5. The number of nitrogens with two attached hydrogens (primary N) is 1. The number of carbonyl (C=O) groups excluding carboxylic acids is 1. The molecule has 0 bridgehead atoms. The Balaban J connectivity index is 1.76. The van der Waals surface area contributed by atoms with E-state index in [2.05, 4.69) is 0 Å². The minimum atomic E-state index is 0.0253. The summed E-state index contributed by atoms with van der Waals surface area (Å²) >= 11 is 0. The van der Waals surface area contributed by atoms with Gasteiger partial charge in [-0.3, -0.25) is 4.79 Å². The molecule has 0 saturated heterocycles. The average Bonchev–Trinajstić information content (AvgIpc) is 2.99. The number of carbonyl (C=O) groups is 1. The van der Waals surface area contributed by atoms with Gasteiger partial charge in [-0.2, -0.15) is 0 Å². The average molecular weight is 211 g/mol. The maximum Gasteiger partial charge on any atom is 0.309 e. The first-order chi connectivity index (χ1) is 7.22. The van der Waals surface area contributed by atoms with E-state index < -0.39 is 0 Å². The monoisotopic (exact) mass is 211 g/mol. The van der Waals surface area contributed by atoms with Crippen molar-refractivity contribution in [3.8, 4) is 0 Å². The van der Waals surface area contributed by atoms with Crippen molar-refractivity contribution >= 4 is 5.97 Å². The Morgan fingerprint density at radius 2 is 2.00 bits per heavy atom. The molecule has 2 aliphatic rings. The van der Waals surface area contributed by atoms with Gasteiger partial charge in [0.25, 0.3) is 0 Å². The molecule has 0 radical (unpaired) electrons. The van der Waals surface area contributed by atoms with Gasteiger partial charge in [0.05, 0.1) is 12.5 Å². The Labute approximate surface area is 91.4 Å². The van der Waals surface area contributed by atoms with Gasteiger partial charge < -0.3 is 10.5 Å². The number of ether oxygens (including phenoxy) is 1. The Morgan fingerprint density at radius 3 is 2.60 bits per heavy atom. The van der Waals surface area contributed by atoms with Crippen molar-refractivity contribution in [1.82, 2.24) is 0 Å². The van der Waals surface area contributed by atoms with Gasteiger partial charge in [0.2, 0.25) is 0 Å². The molecule has 2 saturated carbocycles. The molecule has 2 atom stereocenters. The molecule has 3 heteroatoms. The van der Waals surface area contributed by atoms with E-state index in [0.29, 0.717) is 18.6 Å². The predicted octanol–water partition coefficient (Wildman–Crippen LogP) is 1.70. The van der Waals surface area contributed by atoms with E-state index in [-0.39, 0.29) is 11.9 Å². The molecule has 0 unspecified atom stereocenters. The van der Waals surface area contributed by atoms with Crippen molar-refractivity contribution in [3.05, 3.63) is 0 Å². The third-order valence-corrected chi connectivity index (χ3v) is 3.85. The third kappa shape index (κ3) is 2.51. The van der Waals surface area contributed by atoms with Crippen LogP contribution in [0.15, 0.2) is 0 Å². The van der Waals surface area contributed by atoms with Crippen molar-refractivity contribution in [2.24, 2.45) is 23.5 Å². The van der Waals surface area contributed by atoms with Crippen molar-refractivity contribution in [1.29, 1.82) is 0 Å². The Morgan fingerprint density at radius 1 is 1.33 bits per heavy atom. The Hall–Kier alpha value is -0.570. The molecule has 0 aliphatic heterocycles. The summed E-state index contributed by atoms with van der Waals surface area (Å²) < 4.78 is 5.04. The van der Waals surface area contributed by atoms with Crippen LogP contribution in [0.4, 0.5) is 0 Å². The number of hydrogen-bond donors (Lipinski definition) is 1. The van der Waals surface area contributed by atoms with Crippen LogP contribution >= 0.6 is 0 Å². The molecule has 2 aliphatic carbocycles. The minimum Gasteiger partial charge on any atom is -0.466 e. The van der Waals surface area contributed by atoms with Gasteiger partial charge in [0.1, 0.15) is 0 Å². The van der Waals surface area contributed by atoms with E-state index in [1.54, 1.807) is 0 Å². The summed E-state index contributed by atoms with van der Waals surface area (Å²) in [5, 5.41) is 0. The number of esters is 1. The normalized spacial score (nSPS) is 39.9. The lowest BCUT2D eigenvalue weighted by Gasteiger charge is -2.26. The molecular formula is C12H21NO2. The lowest BCUT2D eigenvalue weighted by Crippen LogP contribution is -2.27. The fourth-order valence-electron chi connectivity index (χ4n) is 2.83. The lowest BCUT2D eigenvalue weighted by molar-refractivity contribution is -0.145. The second-order valence-electron chi connectivity index (χ2n) is 4.93. The Kier molecular flexibility index (Phi) is 3.29. The topological polar surface area (TPSA) is 52.3 Å². The van der Waals surface area contributed by atoms with Crippen LogP contribution in [-0.4, -0.2) is 18.6 Å². The van der Waals surface area contributed by atoms with Crippen LogP contribution in [0.2, 0.25) is 0 Å². The second kappa shape index (κ2) is 4.52. The van der Waals surface area contributed by atoms with Crippen LogP contribution in [0.1, 0.15) is 39.0 Å². The minimum absolute atomic E-state index is 0.0253. The molecule has 2 N–H and O–H groups in total. The first-order valence-corrected chi connectivity index (χ1v) is 6.14. The summed E-state index contributed by atoms with van der Waals surface area (Å²) in [6.45, 7) is 2.38. The summed E-state index contributed by atoms with van der Waals surface area (Å²) in [6.07, 6.45) is 5.75. The lowest BCUT2D eigenvalue weighted by atomic mass is 9.83. The van der Waals surface area contributed by atoms with Gasteiger partial charge in [-0.1, -0.05) is 0 Å². The summed E-state index contributed by atoms with van der Waals surface area (Å²) in [4.78, 5) is 11.5. The second-order valence-corrected chi connectivity index (χ2v) is 4.93. The summed E-state index contributed by atoms with van der Waals surface area (Å²) in [5.41, 5.74) is 5.87. The quantitative estimate of drug-likeness (QED) is 0.723. The van der Waals surface area contributed by atoms with Gasteiger partial charge in [-0.15, -0.1) is 0 Å². The molecule has 15 heavy (non-hydrogen) atoms. The van der Waals surface area contributed by atoms with E-state index in [0.717, 1.165) is 25.2 Å². The van der Waals surface area contributed by atoms with E-state index in [4.69, 9.17) is 10.5 Å². The smallest absolute Gasteiger partial charge is 0.309 e. The van der Waals surface area contributed by atoms with Crippen LogP contribution in [0.25, 0.3) is 0 Å². The molecule has 3 nitrogen and oxygen atoms in total. The van der Waals surface area contributed by atoms with Crippen LogP contribution in [0.5, 0.6) is 0 Å². The molecule has 2 fully saturated rings. The third-order valence-electron chi connectivity index (χ3n) is 3.85. The summed E-state index contributed by atoms with van der Waals surface area (Å²) in [5.74, 6) is 1.58. The highest BCUT2D eigenvalue weighted by atomic mass is 16.5. The van der Waals surface area contributed by atoms with Crippen molar-refractivity contribution in [2.45, 2.75) is 45.1 Å². The summed E-state index contributed by atoms with van der Waals surface area (Å²) in [7, 11) is 0. The first-order valence-electron chi connectivity index (χ1n) is 6.14. The molecule has 0 spiro atoms. The van der Waals surface area contributed by atoms with Crippen LogP contribution in [0.3, 0.4) is 0 Å². The standard InChI is InChI=1S/C12H21NO2/c1-2-15-12(14)11-7-10(11)8-3-5-9(13)6-4-8/h8-11H,2-7,13H2,1H3/t8?,9?,10-,11+/m0/s1. The first kappa shape index (κ1) is 10.9. The zero-order chi connectivity index (χ0) is 10.8. The van der Waals surface area contributed by atoms with E-state index >= 15 is 0 Å². The summed E-state index contributed by atoms with van der Waals surface area (Å²) in [6, 6.07) is 0.404. The van der Waals surface area contributed by atoms with Gasteiger partial charge >= 0.3 is 5.97 Å². The highest BCUT2D eigenvalue weighted by Crippen LogP contribution is 2.49. The fourth-order valence-corrected chi connectivity index (χ4v) is 2.83. The number of rotatable bonds is 3. The van der Waals surface area contributed by atoms with Gasteiger partial charge in [-0.25, -0.2) is 0 Å². The molecule has 0 aromatic carbocycles. The fraction of sp³-hybridized carbons (Fsp3) is 0.917. The predicted molar refractivity (Wildman–Crippen MR) is 58.2 cm³/mol. The zero-order valence-electron chi connectivity index (χ0n) is 9.45. The highest BCUT2D eigenvalue weighted by Gasteiger charge is 2.48. The van der Waals surface area contributed by atoms with Crippen LogP contribution in [-0.2, 0) is 9.53 Å². The van der Waals surface area contributed by atoms with Crippen molar-refractivity contribution in [2.75, 3.05) is 6.61 Å². The largest absolute Gasteiger partial charge is 0.466 e. The van der Waals surface area contributed by atoms with Crippen LogP contribution in [0, 0.1) is 17.8 Å². The van der Waals surface area contributed by atoms with E-state index in [1.165, 1.54) is 12.8 Å². The SMILES string of the molecule is CCOC(=O)[C@@H]1C[C@H]1C1CCC(N)CC1. The molecule has 2 rings (SSSR count). The van der Waals surface area contributed by atoms with Gasteiger partial charge in [-0.05, 0) is 50.9 Å². The van der Waals surface area contributed by atoms with Crippen molar-refractivity contribution < 1.29 is 9.53 Å². The molecule has 86 valence electrons. The van der Waals surface area contributed by atoms with Crippen molar-refractivity contribution in [3.63, 3.8) is 0 Å². The maximum atomic E-state index is 11.5. The Bertz CT molecular complexity index is 234. The molecule has 0 heterocycles. The van der Waals surface area contributed by atoms with E-state index in [9.17, 15) is 4.79 Å².